The summed E-state index contributed by atoms with van der Waals surface area (Å²) in [6.07, 6.45) is 1.22. The number of alkyl halides is 3. The van der Waals surface area contributed by atoms with Gasteiger partial charge in [-0.05, 0) is 6.08 Å². The molecule has 0 amide bonds. The van der Waals surface area contributed by atoms with Crippen molar-refractivity contribution in [1.29, 1.82) is 0 Å². The minimum absolute atomic E-state index is 0.00926. The van der Waals surface area contributed by atoms with E-state index in [-0.39, 0.29) is 11.6 Å². The lowest BCUT2D eigenvalue weighted by atomic mass is 10.5. The van der Waals surface area contributed by atoms with Crippen LogP contribution in [0.2, 0.25) is 0 Å². The molecule has 0 spiro atoms. The monoisotopic (exact) mass is 208 g/mol. The molecule has 1 N–H and O–H groups in total. The molecular formula is C4H4Cl4O. The van der Waals surface area contributed by atoms with Crippen molar-refractivity contribution in [3.63, 3.8) is 0 Å². The molecule has 0 atom stereocenters. The third-order valence-electron chi connectivity index (χ3n) is 0.541. The zero-order valence-electron chi connectivity index (χ0n) is 4.24. The normalized spacial score (nSPS) is 14.1. The number of rotatable bonds is 1. The minimum atomic E-state index is -1.61. The van der Waals surface area contributed by atoms with Crippen LogP contribution in [-0.4, -0.2) is 15.5 Å². The van der Waals surface area contributed by atoms with E-state index in [1.165, 1.54) is 6.08 Å². The largest absolute Gasteiger partial charge is 0.392 e. The Morgan fingerprint density at radius 3 is 2.00 bits per heavy atom. The van der Waals surface area contributed by atoms with Crippen molar-refractivity contribution < 1.29 is 5.11 Å². The molecule has 0 aliphatic carbocycles. The number of hydrogen-bond donors (Lipinski definition) is 1. The van der Waals surface area contributed by atoms with E-state index in [4.69, 9.17) is 51.5 Å². The Kier molecular flexibility index (Phi) is 4.26. The summed E-state index contributed by atoms with van der Waals surface area (Å²) in [4.78, 5) is 0. The van der Waals surface area contributed by atoms with E-state index < -0.39 is 3.79 Å². The molecule has 0 radical (unpaired) electrons. The predicted molar refractivity (Wildman–Crippen MR) is 41.3 cm³/mol. The molecular weight excluding hydrogens is 206 g/mol. The van der Waals surface area contributed by atoms with Crippen molar-refractivity contribution in [3.8, 4) is 0 Å². The molecule has 1 nitrogen and oxygen atoms in total. The average Bonchev–Trinajstić information content (AvgIpc) is 1.64. The van der Waals surface area contributed by atoms with Gasteiger partial charge in [-0.25, -0.2) is 0 Å². The summed E-state index contributed by atoms with van der Waals surface area (Å²) in [5.41, 5.74) is 0. The van der Waals surface area contributed by atoms with Crippen LogP contribution in [0.5, 0.6) is 0 Å². The van der Waals surface area contributed by atoms with Gasteiger partial charge in [-0.1, -0.05) is 46.4 Å². The van der Waals surface area contributed by atoms with Crippen LogP contribution >= 0.6 is 46.4 Å². The van der Waals surface area contributed by atoms with E-state index in [0.29, 0.717) is 0 Å². The molecule has 0 heterocycles. The van der Waals surface area contributed by atoms with Gasteiger partial charge < -0.3 is 5.11 Å². The molecule has 0 fully saturated rings. The highest BCUT2D eigenvalue weighted by Gasteiger charge is 2.23. The van der Waals surface area contributed by atoms with Crippen LogP contribution < -0.4 is 0 Å². The Bertz CT molecular complexity index is 114. The summed E-state index contributed by atoms with van der Waals surface area (Å²) in [7, 11) is 0. The van der Waals surface area contributed by atoms with Crippen LogP contribution in [-0.2, 0) is 0 Å². The Labute approximate surface area is 73.2 Å². The third kappa shape index (κ3) is 4.29. The summed E-state index contributed by atoms with van der Waals surface area (Å²) in [6.45, 7) is -0.229. The Morgan fingerprint density at radius 1 is 1.44 bits per heavy atom. The minimum Gasteiger partial charge on any atom is -0.392 e. The molecule has 0 bridgehead atoms. The quantitative estimate of drug-likeness (QED) is 0.659. The second-order valence-corrected chi connectivity index (χ2v) is 3.92. The van der Waals surface area contributed by atoms with Crippen molar-refractivity contribution >= 4 is 46.4 Å². The van der Waals surface area contributed by atoms with Crippen molar-refractivity contribution in [2.24, 2.45) is 0 Å². The highest BCUT2D eigenvalue weighted by atomic mass is 35.6. The van der Waals surface area contributed by atoms with Crippen LogP contribution in [0.25, 0.3) is 0 Å². The molecule has 9 heavy (non-hydrogen) atoms. The predicted octanol–water partition coefficient (Wildman–Crippen LogP) is 2.47. The van der Waals surface area contributed by atoms with Gasteiger partial charge in [-0.3, -0.25) is 0 Å². The molecule has 5 heteroatoms. The summed E-state index contributed by atoms with van der Waals surface area (Å²) >= 11 is 21.2. The van der Waals surface area contributed by atoms with E-state index in [0.717, 1.165) is 0 Å². The van der Waals surface area contributed by atoms with Crippen molar-refractivity contribution in [2.75, 3.05) is 6.61 Å². The molecule has 0 aliphatic heterocycles. The fraction of sp³-hybridized carbons (Fsp3) is 0.500. The fourth-order valence-corrected chi connectivity index (χ4v) is 0.496. The summed E-state index contributed by atoms with van der Waals surface area (Å²) in [5, 5.41) is 8.27. The lowest BCUT2D eigenvalue weighted by Crippen LogP contribution is -2.01. The first-order valence-corrected chi connectivity index (χ1v) is 3.53. The van der Waals surface area contributed by atoms with Crippen LogP contribution in [0.4, 0.5) is 0 Å². The van der Waals surface area contributed by atoms with E-state index in [1.54, 1.807) is 0 Å². The summed E-state index contributed by atoms with van der Waals surface area (Å²) < 4.78 is -1.61. The molecule has 0 aromatic rings. The van der Waals surface area contributed by atoms with Gasteiger partial charge in [0.25, 0.3) is 0 Å². The molecule has 54 valence electrons. The maximum atomic E-state index is 8.26. The first kappa shape index (κ1) is 9.86. The lowest BCUT2D eigenvalue weighted by molar-refractivity contribution is 0.342. The average molecular weight is 210 g/mol. The maximum Gasteiger partial charge on any atom is 0.226 e. The summed E-state index contributed by atoms with van der Waals surface area (Å²) in [6, 6.07) is 0. The third-order valence-corrected chi connectivity index (χ3v) is 1.88. The van der Waals surface area contributed by atoms with Crippen LogP contribution in [0.1, 0.15) is 0 Å². The number of allylic oxidation sites excluding steroid dienone is 1. The van der Waals surface area contributed by atoms with Gasteiger partial charge in [0.15, 0.2) is 0 Å². The number of halogens is 4. The Hall–Kier alpha value is 0.860. The Morgan fingerprint density at radius 2 is 1.89 bits per heavy atom. The van der Waals surface area contributed by atoms with Crippen molar-refractivity contribution in [2.45, 2.75) is 3.79 Å². The molecule has 0 rings (SSSR count). The molecule has 0 aromatic carbocycles. The van der Waals surface area contributed by atoms with Crippen LogP contribution in [0.3, 0.4) is 0 Å². The van der Waals surface area contributed by atoms with Gasteiger partial charge in [0, 0.05) is 0 Å². The van der Waals surface area contributed by atoms with Crippen LogP contribution in [0, 0.1) is 0 Å². The number of hydrogen-bond acceptors (Lipinski definition) is 1. The highest BCUT2D eigenvalue weighted by molar-refractivity contribution is 6.72. The topological polar surface area (TPSA) is 20.2 Å². The van der Waals surface area contributed by atoms with Gasteiger partial charge in [0.1, 0.15) is 0 Å². The smallest absolute Gasteiger partial charge is 0.226 e. The van der Waals surface area contributed by atoms with Crippen LogP contribution in [0.15, 0.2) is 11.1 Å². The van der Waals surface area contributed by atoms with E-state index >= 15 is 0 Å². The van der Waals surface area contributed by atoms with Crippen molar-refractivity contribution in [1.82, 2.24) is 0 Å². The number of aliphatic hydroxyl groups is 1. The fourth-order valence-electron chi connectivity index (χ4n) is 0.196. The van der Waals surface area contributed by atoms with Crippen molar-refractivity contribution in [3.05, 3.63) is 11.1 Å². The zero-order valence-corrected chi connectivity index (χ0v) is 7.27. The molecule has 0 aromatic heterocycles. The van der Waals surface area contributed by atoms with Gasteiger partial charge >= 0.3 is 0 Å². The second kappa shape index (κ2) is 3.89. The zero-order chi connectivity index (χ0) is 7.49. The first-order valence-electron chi connectivity index (χ1n) is 2.02. The van der Waals surface area contributed by atoms with Gasteiger partial charge in [0.2, 0.25) is 3.79 Å². The first-order chi connectivity index (χ1) is 3.98. The lowest BCUT2D eigenvalue weighted by Gasteiger charge is -2.07. The molecule has 0 aliphatic rings. The van der Waals surface area contributed by atoms with E-state index in [2.05, 4.69) is 0 Å². The molecule has 0 unspecified atom stereocenters. The van der Waals surface area contributed by atoms with E-state index in [9.17, 15) is 0 Å². The molecule has 0 saturated carbocycles. The highest BCUT2D eigenvalue weighted by Crippen LogP contribution is 2.36. The number of aliphatic hydroxyl groups excluding tert-OH is 1. The SMILES string of the molecule is OCC=C(Cl)C(Cl)(Cl)Cl. The van der Waals surface area contributed by atoms with E-state index in [1.807, 2.05) is 0 Å². The maximum absolute atomic E-state index is 8.26. The Balaban J connectivity index is 4.03. The standard InChI is InChI=1S/C4H4Cl4O/c5-3(1-2-9)4(6,7)8/h1,9H,2H2. The molecule has 0 saturated heterocycles. The second-order valence-electron chi connectivity index (χ2n) is 1.23. The summed E-state index contributed by atoms with van der Waals surface area (Å²) in [5.74, 6) is 0. The van der Waals surface area contributed by atoms with Gasteiger partial charge in [0.05, 0.1) is 11.6 Å². The van der Waals surface area contributed by atoms with Gasteiger partial charge in [-0.15, -0.1) is 0 Å². The van der Waals surface area contributed by atoms with Gasteiger partial charge in [-0.2, -0.15) is 0 Å².